The first-order valence-corrected chi connectivity index (χ1v) is 10.9. The molecule has 12 nitrogen and oxygen atoms in total. The number of para-hydroxylation sites is 1. The molecule has 2 aromatic carbocycles. The van der Waals surface area contributed by atoms with Crippen molar-refractivity contribution < 1.29 is 28.8 Å². The number of nitrogens with two attached hydrogens (primary N) is 1. The largest absolute Gasteiger partial charge is 0.494 e. The Bertz CT molecular complexity index is 1310. The van der Waals surface area contributed by atoms with Gasteiger partial charge in [0.15, 0.2) is 0 Å². The van der Waals surface area contributed by atoms with Crippen LogP contribution < -0.4 is 26.0 Å². The highest BCUT2D eigenvalue weighted by molar-refractivity contribution is 6.26. The molecule has 0 aromatic heterocycles. The quantitative estimate of drug-likeness (QED) is 0.310. The molecule has 12 heteroatoms. The summed E-state index contributed by atoms with van der Waals surface area (Å²) in [7, 11) is 1.27. The topological polar surface area (TPSA) is 174 Å². The highest BCUT2D eigenvalue weighted by Gasteiger charge is 2.70. The third-order valence-electron chi connectivity index (χ3n) is 6.94. The second-order valence-corrected chi connectivity index (χ2v) is 8.69. The molecule has 4 amide bonds. The molecule has 180 valence electrons. The predicted octanol–water partition coefficient (Wildman–Crippen LogP) is 0.794. The Balaban J connectivity index is 1.64. The van der Waals surface area contributed by atoms with Crippen molar-refractivity contribution in [1.29, 1.82) is 0 Å². The lowest BCUT2D eigenvalue weighted by Gasteiger charge is -2.29. The van der Waals surface area contributed by atoms with Crippen molar-refractivity contribution in [2.75, 3.05) is 17.3 Å². The second kappa shape index (κ2) is 7.87. The van der Waals surface area contributed by atoms with Crippen molar-refractivity contribution in [1.82, 2.24) is 5.32 Å². The van der Waals surface area contributed by atoms with Gasteiger partial charge >= 0.3 is 0 Å². The number of nitrogens with zero attached hydrogens (tertiary/aromatic N) is 2. The number of primary amides is 1. The van der Waals surface area contributed by atoms with E-state index in [0.717, 1.165) is 11.0 Å². The van der Waals surface area contributed by atoms with E-state index in [1.807, 2.05) is 0 Å². The summed E-state index contributed by atoms with van der Waals surface area (Å²) >= 11 is 0. The van der Waals surface area contributed by atoms with Gasteiger partial charge in [-0.3, -0.25) is 34.6 Å². The number of carbonyl (C=O) groups excluding carboxylic acids is 4. The van der Waals surface area contributed by atoms with Crippen LogP contribution in [0.1, 0.15) is 18.4 Å². The third kappa shape index (κ3) is 3.10. The summed E-state index contributed by atoms with van der Waals surface area (Å²) < 4.78 is 5.26. The number of rotatable bonds is 6. The lowest BCUT2D eigenvalue weighted by Crippen LogP contribution is -2.53. The molecule has 5 rings (SSSR count). The number of hydrogen-bond donors (Lipinski definition) is 3. The molecule has 3 aliphatic rings. The van der Waals surface area contributed by atoms with Crippen LogP contribution in [-0.2, 0) is 24.7 Å². The fraction of sp³-hybridized carbons (Fsp3) is 0.304. The highest BCUT2D eigenvalue weighted by atomic mass is 16.6. The molecule has 2 fully saturated rings. The van der Waals surface area contributed by atoms with Crippen molar-refractivity contribution in [2.24, 2.45) is 17.6 Å². The molecule has 0 bridgehead atoms. The Morgan fingerprint density at radius 1 is 1.20 bits per heavy atom. The van der Waals surface area contributed by atoms with Gasteiger partial charge in [-0.2, -0.15) is 0 Å². The van der Waals surface area contributed by atoms with Crippen LogP contribution in [-0.4, -0.2) is 41.7 Å². The van der Waals surface area contributed by atoms with Crippen molar-refractivity contribution >= 4 is 40.7 Å². The Morgan fingerprint density at radius 2 is 1.94 bits per heavy atom. The maximum absolute atomic E-state index is 13.9. The van der Waals surface area contributed by atoms with Gasteiger partial charge in [0.1, 0.15) is 11.3 Å². The molecule has 0 unspecified atom stereocenters. The standard InChI is InChI=1S/C23H21N5O7/c1-35-16-10-11(28(33)34)6-8-15(16)27-20(30)18-14(7-9-17(24)29)26-23(19(18)21(27)31)12-4-2-3-5-13(12)25-22(23)32/h2-6,8,10,14,18-19,26H,7,9H2,1H3,(H2,24,29)(H,25,32)/t14-,18+,19+,23-/m1/s1. The summed E-state index contributed by atoms with van der Waals surface area (Å²) in [5, 5.41) is 17.2. The predicted molar refractivity (Wildman–Crippen MR) is 121 cm³/mol. The smallest absolute Gasteiger partial charge is 0.273 e. The van der Waals surface area contributed by atoms with Gasteiger partial charge in [0.25, 0.3) is 5.69 Å². The van der Waals surface area contributed by atoms with E-state index in [9.17, 15) is 29.3 Å². The van der Waals surface area contributed by atoms with Crippen LogP contribution >= 0.6 is 0 Å². The summed E-state index contributed by atoms with van der Waals surface area (Å²) in [6.07, 6.45) is 0.0838. The lowest BCUT2D eigenvalue weighted by atomic mass is 9.76. The van der Waals surface area contributed by atoms with Crippen molar-refractivity contribution in [3.8, 4) is 5.75 Å². The van der Waals surface area contributed by atoms with Gasteiger partial charge in [0.2, 0.25) is 23.6 Å². The van der Waals surface area contributed by atoms with Gasteiger partial charge < -0.3 is 15.8 Å². The molecule has 2 saturated heterocycles. The fourth-order valence-electron chi connectivity index (χ4n) is 5.51. The van der Waals surface area contributed by atoms with Crippen molar-refractivity contribution in [3.63, 3.8) is 0 Å². The van der Waals surface area contributed by atoms with Gasteiger partial charge in [-0.25, -0.2) is 4.90 Å². The summed E-state index contributed by atoms with van der Waals surface area (Å²) in [5.74, 6) is -4.42. The van der Waals surface area contributed by atoms with Crippen molar-refractivity contribution in [2.45, 2.75) is 24.4 Å². The van der Waals surface area contributed by atoms with Gasteiger partial charge in [-0.1, -0.05) is 18.2 Å². The number of imide groups is 1. The van der Waals surface area contributed by atoms with Crippen LogP contribution in [0.2, 0.25) is 0 Å². The fourth-order valence-corrected chi connectivity index (χ4v) is 5.51. The Morgan fingerprint density at radius 3 is 2.63 bits per heavy atom. The van der Waals surface area contributed by atoms with Gasteiger partial charge in [0, 0.05) is 29.8 Å². The van der Waals surface area contributed by atoms with E-state index in [-0.39, 0.29) is 30.0 Å². The average Bonchev–Trinajstić information content (AvgIpc) is 3.41. The number of carbonyl (C=O) groups is 4. The monoisotopic (exact) mass is 479 g/mol. The number of benzene rings is 2. The molecule has 3 heterocycles. The van der Waals surface area contributed by atoms with E-state index in [4.69, 9.17) is 10.5 Å². The minimum absolute atomic E-state index is 0.0344. The van der Waals surface area contributed by atoms with Crippen molar-refractivity contribution in [3.05, 3.63) is 58.1 Å². The maximum atomic E-state index is 13.9. The normalized spacial score (nSPS) is 26.6. The summed E-state index contributed by atoms with van der Waals surface area (Å²) in [4.78, 5) is 64.0. The van der Waals surface area contributed by atoms with E-state index in [1.54, 1.807) is 24.3 Å². The van der Waals surface area contributed by atoms with E-state index in [2.05, 4.69) is 10.6 Å². The lowest BCUT2D eigenvalue weighted by molar-refractivity contribution is -0.384. The van der Waals surface area contributed by atoms with Crippen LogP contribution in [0.3, 0.4) is 0 Å². The van der Waals surface area contributed by atoms with E-state index in [0.29, 0.717) is 11.3 Å². The minimum atomic E-state index is -1.53. The molecule has 0 saturated carbocycles. The number of fused-ring (bicyclic) bond motifs is 4. The molecule has 0 radical (unpaired) electrons. The first kappa shape index (κ1) is 22.5. The number of anilines is 2. The SMILES string of the molecule is COc1cc([N+](=O)[O-])ccc1N1C(=O)[C@@H]2[C@@H](C1=O)[C@@]1(N[C@@H]2CCC(N)=O)C(=O)Nc2ccccc21. The average molecular weight is 479 g/mol. The number of nitrogens with one attached hydrogen (secondary N) is 2. The second-order valence-electron chi connectivity index (χ2n) is 8.69. The first-order chi connectivity index (χ1) is 16.7. The summed E-state index contributed by atoms with van der Waals surface area (Å²) in [6, 6.07) is 9.75. The molecule has 35 heavy (non-hydrogen) atoms. The Kier molecular flexibility index (Phi) is 5.06. The molecule has 4 N–H and O–H groups in total. The van der Waals surface area contributed by atoms with Crippen LogP contribution in [0.5, 0.6) is 5.75 Å². The molecular formula is C23H21N5O7. The Labute approximate surface area is 198 Å². The number of non-ortho nitro benzene ring substituents is 1. The minimum Gasteiger partial charge on any atom is -0.494 e. The van der Waals surface area contributed by atoms with Gasteiger partial charge in [-0.15, -0.1) is 0 Å². The zero-order valence-electron chi connectivity index (χ0n) is 18.5. The number of nitro benzene ring substituents is 1. The number of amides is 4. The third-order valence-corrected chi connectivity index (χ3v) is 6.94. The molecular weight excluding hydrogens is 458 g/mol. The first-order valence-electron chi connectivity index (χ1n) is 10.9. The maximum Gasteiger partial charge on any atom is 0.273 e. The van der Waals surface area contributed by atoms with Crippen LogP contribution in [0.4, 0.5) is 17.1 Å². The number of nitro groups is 1. The number of methoxy groups -OCH3 is 1. The van der Waals surface area contributed by atoms with Crippen LogP contribution in [0.15, 0.2) is 42.5 Å². The van der Waals surface area contributed by atoms with E-state index < -0.39 is 52.0 Å². The Hall–Kier alpha value is -4.32. The molecule has 0 aliphatic carbocycles. The highest BCUT2D eigenvalue weighted by Crippen LogP contribution is 2.54. The molecule has 4 atom stereocenters. The number of ether oxygens (including phenoxy) is 1. The van der Waals surface area contributed by atoms with E-state index >= 15 is 0 Å². The summed E-state index contributed by atoms with van der Waals surface area (Å²) in [5.41, 5.74) is 4.62. The van der Waals surface area contributed by atoms with Crippen LogP contribution in [0, 0.1) is 22.0 Å². The van der Waals surface area contributed by atoms with Gasteiger partial charge in [-0.05, 0) is 18.6 Å². The molecule has 3 aliphatic heterocycles. The van der Waals surface area contributed by atoms with E-state index in [1.165, 1.54) is 19.2 Å². The van der Waals surface area contributed by atoms with Gasteiger partial charge in [0.05, 0.1) is 35.6 Å². The van der Waals surface area contributed by atoms with Crippen LogP contribution in [0.25, 0.3) is 0 Å². The zero-order chi connectivity index (χ0) is 25.1. The molecule has 1 spiro atoms. The summed E-state index contributed by atoms with van der Waals surface area (Å²) in [6.45, 7) is 0. The molecule has 2 aromatic rings. The zero-order valence-corrected chi connectivity index (χ0v) is 18.5. The number of hydrogen-bond acceptors (Lipinski definition) is 8.